The Bertz CT molecular complexity index is 2080. The van der Waals surface area contributed by atoms with Crippen LogP contribution in [0.15, 0.2) is 0 Å². The zero-order valence-corrected chi connectivity index (χ0v) is 73.1. The first-order valence-corrected chi connectivity index (χ1v) is 48.9. The molecule has 19 heteroatoms. The van der Waals surface area contributed by atoms with Gasteiger partial charge in [0.2, 0.25) is 0 Å². The van der Waals surface area contributed by atoms with E-state index in [1.54, 1.807) is 0 Å². The molecule has 108 heavy (non-hydrogen) atoms. The van der Waals surface area contributed by atoms with Crippen molar-refractivity contribution in [3.63, 3.8) is 0 Å². The lowest BCUT2D eigenvalue weighted by molar-refractivity contribution is -0.161. The maximum absolute atomic E-state index is 13.2. The van der Waals surface area contributed by atoms with Crippen LogP contribution in [0.25, 0.3) is 0 Å². The van der Waals surface area contributed by atoms with Gasteiger partial charge >= 0.3 is 39.5 Å². The summed E-state index contributed by atoms with van der Waals surface area (Å²) in [6, 6.07) is 0. The summed E-state index contributed by atoms with van der Waals surface area (Å²) in [7, 11) is -9.93. The third kappa shape index (κ3) is 80.7. The Kier molecular flexibility index (Phi) is 77.5. The first kappa shape index (κ1) is 106. The number of aliphatic hydroxyl groups excluding tert-OH is 1. The predicted octanol–water partition coefficient (Wildman–Crippen LogP) is 27.3. The second-order valence-electron chi connectivity index (χ2n) is 33.2. The molecule has 0 amide bonds. The summed E-state index contributed by atoms with van der Waals surface area (Å²) in [6.07, 6.45) is 70.7. The standard InChI is InChI=1S/C89H174O17P2/c1-8-10-11-12-13-14-15-16-17-20-24-31-36-43-51-58-65-72-89(94)106-85(77-100-87(92)71-64-57-50-45-38-40-47-54-61-68-81(5)6)79-104-108(97,98)102-75-83(90)74-101-107(95,96)103-78-84(76-99-86(91)70-63-56-49-42-35-30-27-26-29-34-41-48-55-62-69-82(7)9-2)105-88(93)73-66-59-52-44-37-32-25-22-19-18-21-23-28-33-39-46-53-60-67-80(3)4/h80-85,90H,8-79H2,1-7H3,(H,95,96)(H,97,98)/t82?,83-,84-,85-/m1/s1. The lowest BCUT2D eigenvalue weighted by Gasteiger charge is -2.21. The molecule has 3 unspecified atom stereocenters. The molecule has 0 aromatic rings. The molecule has 0 aromatic heterocycles. The maximum atomic E-state index is 13.2. The molecular weight excluding hydrogens is 1400 g/mol. The monoisotopic (exact) mass is 1580 g/mol. The van der Waals surface area contributed by atoms with Gasteiger partial charge in [0.05, 0.1) is 26.4 Å². The topological polar surface area (TPSA) is 237 Å². The summed E-state index contributed by atoms with van der Waals surface area (Å²) < 4.78 is 69.0. The number of carbonyl (C=O) groups excluding carboxylic acids is 4. The fourth-order valence-electron chi connectivity index (χ4n) is 13.9. The average Bonchev–Trinajstić information content (AvgIpc) is 0.899. The third-order valence-electron chi connectivity index (χ3n) is 21.2. The number of rotatable bonds is 87. The molecule has 0 heterocycles. The highest BCUT2D eigenvalue weighted by Gasteiger charge is 2.31. The van der Waals surface area contributed by atoms with Crippen LogP contribution >= 0.6 is 15.6 Å². The summed E-state index contributed by atoms with van der Waals surface area (Å²) in [5.74, 6) is 0.314. The molecule has 0 rings (SSSR count). The number of ether oxygens (including phenoxy) is 4. The van der Waals surface area contributed by atoms with Crippen LogP contribution in [0.5, 0.6) is 0 Å². The van der Waals surface area contributed by atoms with E-state index in [9.17, 15) is 43.2 Å². The Morgan fingerprint density at radius 1 is 0.269 bits per heavy atom. The molecule has 3 N–H and O–H groups in total. The number of esters is 4. The second kappa shape index (κ2) is 78.9. The minimum absolute atomic E-state index is 0.108. The first-order valence-electron chi connectivity index (χ1n) is 45.9. The molecule has 0 saturated heterocycles. The van der Waals surface area contributed by atoms with Gasteiger partial charge in [-0.15, -0.1) is 0 Å². The van der Waals surface area contributed by atoms with E-state index in [4.69, 9.17) is 37.0 Å². The van der Waals surface area contributed by atoms with Gasteiger partial charge in [0.1, 0.15) is 19.3 Å². The van der Waals surface area contributed by atoms with Gasteiger partial charge in [-0.05, 0) is 43.4 Å². The molecule has 0 aromatic carbocycles. The second-order valence-corrected chi connectivity index (χ2v) is 36.1. The molecule has 0 spiro atoms. The van der Waals surface area contributed by atoms with Crippen LogP contribution in [-0.2, 0) is 65.4 Å². The number of unbranched alkanes of at least 4 members (excludes halogenated alkanes) is 54. The van der Waals surface area contributed by atoms with Crippen molar-refractivity contribution < 1.29 is 80.2 Å². The highest BCUT2D eigenvalue weighted by atomic mass is 31.2. The number of hydrogen-bond acceptors (Lipinski definition) is 15. The lowest BCUT2D eigenvalue weighted by Crippen LogP contribution is -2.30. The summed E-state index contributed by atoms with van der Waals surface area (Å²) in [5.41, 5.74) is 0. The van der Waals surface area contributed by atoms with E-state index in [0.717, 1.165) is 108 Å². The van der Waals surface area contributed by atoms with Gasteiger partial charge in [0.15, 0.2) is 12.2 Å². The average molecular weight is 1580 g/mol. The van der Waals surface area contributed by atoms with Gasteiger partial charge < -0.3 is 33.8 Å². The van der Waals surface area contributed by atoms with Crippen molar-refractivity contribution in [3.05, 3.63) is 0 Å². The number of phosphoric acid groups is 2. The summed E-state index contributed by atoms with van der Waals surface area (Å²) >= 11 is 0. The molecule has 17 nitrogen and oxygen atoms in total. The van der Waals surface area contributed by atoms with Gasteiger partial charge in [0, 0.05) is 25.7 Å². The first-order chi connectivity index (χ1) is 52.3. The van der Waals surface area contributed by atoms with Gasteiger partial charge in [-0.1, -0.05) is 421 Å². The van der Waals surface area contributed by atoms with Crippen LogP contribution in [-0.4, -0.2) is 96.7 Å². The zero-order chi connectivity index (χ0) is 79.3. The van der Waals surface area contributed by atoms with Crippen LogP contribution in [0.2, 0.25) is 0 Å². The van der Waals surface area contributed by atoms with Gasteiger partial charge in [-0.2, -0.15) is 0 Å². The Hall–Kier alpha value is -1.94. The van der Waals surface area contributed by atoms with Gasteiger partial charge in [0.25, 0.3) is 0 Å². The Balaban J connectivity index is 5.26. The number of phosphoric ester groups is 2. The molecule has 642 valence electrons. The number of hydrogen-bond donors (Lipinski definition) is 3. The van der Waals surface area contributed by atoms with Crippen molar-refractivity contribution in [1.29, 1.82) is 0 Å². The molecule has 0 aliphatic heterocycles. The fraction of sp³-hybridized carbons (Fsp3) is 0.955. The van der Waals surface area contributed by atoms with E-state index in [0.29, 0.717) is 25.7 Å². The molecule has 0 saturated carbocycles. The third-order valence-corrected chi connectivity index (χ3v) is 23.1. The molecule has 0 aliphatic carbocycles. The summed E-state index contributed by atoms with van der Waals surface area (Å²) in [5, 5.41) is 10.7. The van der Waals surface area contributed by atoms with Crippen molar-refractivity contribution in [2.24, 2.45) is 17.8 Å². The predicted molar refractivity (Wildman–Crippen MR) is 446 cm³/mol. The Labute approximate surface area is 664 Å². The minimum atomic E-state index is -4.97. The van der Waals surface area contributed by atoms with Crippen LogP contribution < -0.4 is 0 Å². The van der Waals surface area contributed by atoms with Crippen LogP contribution in [0.3, 0.4) is 0 Å². The van der Waals surface area contributed by atoms with Crippen molar-refractivity contribution in [2.45, 2.75) is 491 Å². The van der Waals surface area contributed by atoms with E-state index in [1.165, 1.54) is 283 Å². The number of carbonyl (C=O) groups is 4. The smallest absolute Gasteiger partial charge is 0.462 e. The quantitative estimate of drug-likeness (QED) is 0.0222. The van der Waals surface area contributed by atoms with E-state index >= 15 is 0 Å². The van der Waals surface area contributed by atoms with Crippen LogP contribution in [0, 0.1) is 17.8 Å². The minimum Gasteiger partial charge on any atom is -0.462 e. The van der Waals surface area contributed by atoms with Crippen LogP contribution in [0.1, 0.15) is 472 Å². The molecule has 0 fully saturated rings. The zero-order valence-electron chi connectivity index (χ0n) is 71.3. The Morgan fingerprint density at radius 3 is 0.704 bits per heavy atom. The van der Waals surface area contributed by atoms with E-state index in [2.05, 4.69) is 48.5 Å². The Morgan fingerprint density at radius 2 is 0.472 bits per heavy atom. The largest absolute Gasteiger partial charge is 0.472 e. The van der Waals surface area contributed by atoms with E-state index in [-0.39, 0.29) is 25.7 Å². The molecular formula is C89H174O17P2. The van der Waals surface area contributed by atoms with E-state index < -0.39 is 97.5 Å². The maximum Gasteiger partial charge on any atom is 0.472 e. The highest BCUT2D eigenvalue weighted by molar-refractivity contribution is 7.47. The molecule has 6 atom stereocenters. The van der Waals surface area contributed by atoms with Crippen LogP contribution in [0.4, 0.5) is 0 Å². The molecule has 0 radical (unpaired) electrons. The normalized spacial score (nSPS) is 14.1. The van der Waals surface area contributed by atoms with Crippen molar-refractivity contribution in [3.8, 4) is 0 Å². The van der Waals surface area contributed by atoms with Gasteiger partial charge in [-0.25, -0.2) is 9.13 Å². The summed E-state index contributed by atoms with van der Waals surface area (Å²) in [6.45, 7) is 12.1. The highest BCUT2D eigenvalue weighted by Crippen LogP contribution is 2.45. The van der Waals surface area contributed by atoms with Gasteiger partial charge in [-0.3, -0.25) is 37.3 Å². The fourth-order valence-corrected chi connectivity index (χ4v) is 15.4. The number of aliphatic hydroxyl groups is 1. The summed E-state index contributed by atoms with van der Waals surface area (Å²) in [4.78, 5) is 73.4. The molecule has 0 bridgehead atoms. The SMILES string of the molecule is CCCCCCCCCCCCCCCCCCCC(=O)O[C@H](COC(=O)CCCCCCCCCCCC(C)C)COP(=O)(O)OC[C@H](O)COP(=O)(O)OC[C@@H](COC(=O)CCCCCCCCCCCCCCCCC(C)CC)OC(=O)CCCCCCCCCCCCCCCCCCCCC(C)C. The lowest BCUT2D eigenvalue weighted by atomic mass is 9.99. The van der Waals surface area contributed by atoms with Crippen molar-refractivity contribution >= 4 is 39.5 Å². The molecule has 0 aliphatic rings. The van der Waals surface area contributed by atoms with Crippen molar-refractivity contribution in [2.75, 3.05) is 39.6 Å². The van der Waals surface area contributed by atoms with Crippen molar-refractivity contribution in [1.82, 2.24) is 0 Å². The van der Waals surface area contributed by atoms with E-state index in [1.807, 2.05) is 0 Å².